The highest BCUT2D eigenvalue weighted by atomic mass is 19.1. The number of amides is 1. The minimum Gasteiger partial charge on any atom is -0.450 e. The van der Waals surface area contributed by atoms with Crippen molar-refractivity contribution in [3.05, 3.63) is 117 Å². The summed E-state index contributed by atoms with van der Waals surface area (Å²) in [5, 5.41) is 0.141. The first kappa shape index (κ1) is 20.2. The van der Waals surface area contributed by atoms with Crippen LogP contribution in [-0.4, -0.2) is 10.8 Å². The highest BCUT2D eigenvalue weighted by Gasteiger charge is 2.42. The van der Waals surface area contributed by atoms with Crippen molar-refractivity contribution in [3.8, 4) is 0 Å². The second-order valence-electron chi connectivity index (χ2n) is 8.46. The lowest BCUT2D eigenvalue weighted by atomic mass is 9.95. The van der Waals surface area contributed by atoms with Gasteiger partial charge in [-0.15, -0.1) is 0 Å². The van der Waals surface area contributed by atoms with Crippen LogP contribution >= 0.6 is 0 Å². The summed E-state index contributed by atoms with van der Waals surface area (Å²) in [5.41, 5.74) is 3.03. The molecule has 0 saturated carbocycles. The number of benzene rings is 3. The molecule has 1 aliphatic heterocycles. The molecule has 1 atom stereocenters. The predicted molar refractivity (Wildman–Crippen MR) is 121 cm³/mol. The number of halogens is 1. The van der Waals surface area contributed by atoms with Gasteiger partial charge in [-0.2, -0.15) is 0 Å². The molecule has 32 heavy (non-hydrogen) atoms. The monoisotopic (exact) mass is 427 g/mol. The molecule has 0 N–H and O–H groups in total. The Morgan fingerprint density at radius 2 is 1.69 bits per heavy atom. The maximum Gasteiger partial charge on any atom is 0.291 e. The van der Waals surface area contributed by atoms with E-state index in [0.29, 0.717) is 12.5 Å². The molecule has 0 aliphatic carbocycles. The van der Waals surface area contributed by atoms with E-state index >= 15 is 0 Å². The predicted octanol–water partition coefficient (Wildman–Crippen LogP) is 5.80. The molecule has 3 aromatic carbocycles. The molecular formula is C27H22FNO3. The third-order valence-electron chi connectivity index (χ3n) is 6.04. The Hall–Kier alpha value is -3.73. The Morgan fingerprint density at radius 1 is 0.969 bits per heavy atom. The van der Waals surface area contributed by atoms with Gasteiger partial charge in [0.1, 0.15) is 11.4 Å². The average molecular weight is 427 g/mol. The second kappa shape index (κ2) is 7.75. The van der Waals surface area contributed by atoms with Crippen molar-refractivity contribution < 1.29 is 13.6 Å². The molecule has 160 valence electrons. The van der Waals surface area contributed by atoms with Crippen LogP contribution in [-0.2, 0) is 6.54 Å². The number of hydrogen-bond donors (Lipinski definition) is 0. The zero-order valence-corrected chi connectivity index (χ0v) is 17.8. The first-order valence-corrected chi connectivity index (χ1v) is 10.6. The molecule has 1 aliphatic rings. The summed E-state index contributed by atoms with van der Waals surface area (Å²) in [6.45, 7) is 4.55. The standard InChI is InChI=1S/C27H22FNO3/c1-16(2)18-8-10-19(11-9-18)24-23-25(30)21-14-20(28)12-13-22(21)32-26(23)27(31)29(24)15-17-6-4-3-5-7-17/h3-14,16,24H,15H2,1-2H3. The number of fused-ring (bicyclic) bond motifs is 2. The summed E-state index contributed by atoms with van der Waals surface area (Å²) in [5.74, 6) is -0.472. The van der Waals surface area contributed by atoms with Crippen LogP contribution in [0.4, 0.5) is 4.39 Å². The normalized spacial score (nSPS) is 15.6. The summed E-state index contributed by atoms with van der Waals surface area (Å²) in [6, 6.07) is 20.7. The highest BCUT2D eigenvalue weighted by Crippen LogP contribution is 2.39. The van der Waals surface area contributed by atoms with E-state index in [4.69, 9.17) is 4.42 Å². The van der Waals surface area contributed by atoms with Crippen molar-refractivity contribution in [2.45, 2.75) is 32.4 Å². The van der Waals surface area contributed by atoms with Gasteiger partial charge < -0.3 is 9.32 Å². The minimum atomic E-state index is -0.608. The summed E-state index contributed by atoms with van der Waals surface area (Å²) in [7, 11) is 0. The van der Waals surface area contributed by atoms with E-state index in [0.717, 1.165) is 11.1 Å². The summed E-state index contributed by atoms with van der Waals surface area (Å²) in [4.78, 5) is 28.6. The van der Waals surface area contributed by atoms with Gasteiger partial charge in [0.05, 0.1) is 17.0 Å². The van der Waals surface area contributed by atoms with Crippen LogP contribution in [0.2, 0.25) is 0 Å². The molecule has 0 spiro atoms. The number of nitrogens with zero attached hydrogens (tertiary/aromatic N) is 1. The van der Waals surface area contributed by atoms with Crippen LogP contribution in [0.3, 0.4) is 0 Å². The molecule has 4 nitrogen and oxygen atoms in total. The van der Waals surface area contributed by atoms with Crippen LogP contribution in [0.1, 0.15) is 58.6 Å². The number of carbonyl (C=O) groups excluding carboxylic acids is 1. The summed E-state index contributed by atoms with van der Waals surface area (Å²) >= 11 is 0. The Balaban J connectivity index is 1.71. The molecular weight excluding hydrogens is 405 g/mol. The highest BCUT2D eigenvalue weighted by molar-refractivity contribution is 5.99. The molecule has 1 amide bonds. The van der Waals surface area contributed by atoms with Crippen LogP contribution in [0, 0.1) is 5.82 Å². The van der Waals surface area contributed by atoms with Gasteiger partial charge >= 0.3 is 0 Å². The molecule has 0 fully saturated rings. The van der Waals surface area contributed by atoms with E-state index in [2.05, 4.69) is 13.8 Å². The van der Waals surface area contributed by atoms with Crippen molar-refractivity contribution in [3.63, 3.8) is 0 Å². The molecule has 0 radical (unpaired) electrons. The molecule has 2 heterocycles. The first-order chi connectivity index (χ1) is 15.4. The van der Waals surface area contributed by atoms with Crippen LogP contribution < -0.4 is 5.43 Å². The largest absolute Gasteiger partial charge is 0.450 e. The molecule has 1 aromatic heterocycles. The van der Waals surface area contributed by atoms with Gasteiger partial charge in [-0.05, 0) is 40.8 Å². The van der Waals surface area contributed by atoms with Crippen LogP contribution in [0.5, 0.6) is 0 Å². The van der Waals surface area contributed by atoms with E-state index in [1.165, 1.54) is 23.8 Å². The molecule has 4 aromatic rings. The average Bonchev–Trinajstić information content (AvgIpc) is 3.07. The Morgan fingerprint density at radius 3 is 2.38 bits per heavy atom. The Labute approximate surface area is 184 Å². The zero-order chi connectivity index (χ0) is 22.4. The van der Waals surface area contributed by atoms with Crippen LogP contribution in [0.15, 0.2) is 82.0 Å². The summed E-state index contributed by atoms with van der Waals surface area (Å²) < 4.78 is 19.8. The first-order valence-electron chi connectivity index (χ1n) is 10.6. The van der Waals surface area contributed by atoms with E-state index in [-0.39, 0.29) is 33.6 Å². The van der Waals surface area contributed by atoms with Gasteiger partial charge in [0.15, 0.2) is 5.43 Å². The third kappa shape index (κ3) is 3.30. The Bertz CT molecular complexity index is 1370. The molecule has 0 bridgehead atoms. The quantitative estimate of drug-likeness (QED) is 0.414. The molecule has 1 unspecified atom stereocenters. The van der Waals surface area contributed by atoms with Gasteiger partial charge in [-0.1, -0.05) is 68.4 Å². The van der Waals surface area contributed by atoms with Gasteiger partial charge in [0.2, 0.25) is 5.76 Å². The number of carbonyl (C=O) groups is 1. The maximum absolute atomic E-state index is 13.9. The van der Waals surface area contributed by atoms with E-state index in [9.17, 15) is 14.0 Å². The number of hydrogen-bond acceptors (Lipinski definition) is 3. The van der Waals surface area contributed by atoms with E-state index in [1.54, 1.807) is 4.90 Å². The summed E-state index contributed by atoms with van der Waals surface area (Å²) in [6.07, 6.45) is 0. The van der Waals surface area contributed by atoms with Crippen LogP contribution in [0.25, 0.3) is 11.0 Å². The van der Waals surface area contributed by atoms with Crippen molar-refractivity contribution in [2.75, 3.05) is 0 Å². The molecule has 5 rings (SSSR count). The van der Waals surface area contributed by atoms with Gasteiger partial charge in [-0.25, -0.2) is 4.39 Å². The fraction of sp³-hybridized carbons (Fsp3) is 0.185. The lowest BCUT2D eigenvalue weighted by Crippen LogP contribution is -2.29. The third-order valence-corrected chi connectivity index (χ3v) is 6.04. The van der Waals surface area contributed by atoms with Crippen molar-refractivity contribution in [1.82, 2.24) is 4.90 Å². The maximum atomic E-state index is 13.9. The lowest BCUT2D eigenvalue weighted by molar-refractivity contribution is 0.0714. The minimum absolute atomic E-state index is 0.0305. The SMILES string of the molecule is CC(C)c1ccc(C2c3c(oc4ccc(F)cc4c3=O)C(=O)N2Cc2ccccc2)cc1. The van der Waals surface area contributed by atoms with Crippen molar-refractivity contribution >= 4 is 16.9 Å². The fourth-order valence-corrected chi connectivity index (χ4v) is 4.35. The van der Waals surface area contributed by atoms with Gasteiger partial charge in [0.25, 0.3) is 5.91 Å². The van der Waals surface area contributed by atoms with Crippen molar-refractivity contribution in [2.24, 2.45) is 0 Å². The van der Waals surface area contributed by atoms with Gasteiger partial charge in [0, 0.05) is 6.54 Å². The van der Waals surface area contributed by atoms with Gasteiger partial charge in [-0.3, -0.25) is 9.59 Å². The fourth-order valence-electron chi connectivity index (χ4n) is 4.35. The Kier molecular flexibility index (Phi) is 4.89. The zero-order valence-electron chi connectivity index (χ0n) is 17.8. The van der Waals surface area contributed by atoms with E-state index < -0.39 is 11.9 Å². The molecule has 5 heteroatoms. The van der Waals surface area contributed by atoms with Crippen molar-refractivity contribution in [1.29, 1.82) is 0 Å². The molecule has 0 saturated heterocycles. The topological polar surface area (TPSA) is 50.5 Å². The lowest BCUT2D eigenvalue weighted by Gasteiger charge is -2.25. The van der Waals surface area contributed by atoms with E-state index in [1.807, 2.05) is 54.6 Å². The smallest absolute Gasteiger partial charge is 0.291 e. The number of rotatable bonds is 4. The second-order valence-corrected chi connectivity index (χ2v) is 8.46.